The second-order valence-electron chi connectivity index (χ2n) is 3.60. The van der Waals surface area contributed by atoms with Crippen LogP contribution in [0, 0.1) is 0 Å². The summed E-state index contributed by atoms with van der Waals surface area (Å²) < 4.78 is 5.03. The standard InChI is InChI=1S/C9H12N2O3/c12-8(13)5-7-10-9(14-11-7)6-3-1-2-4-6/h6H,1-5H2,(H,12,13). The Kier molecular flexibility index (Phi) is 2.47. The maximum atomic E-state index is 10.4. The van der Waals surface area contributed by atoms with Crippen molar-refractivity contribution in [1.82, 2.24) is 10.1 Å². The van der Waals surface area contributed by atoms with E-state index in [1.54, 1.807) is 0 Å². The van der Waals surface area contributed by atoms with Gasteiger partial charge in [-0.25, -0.2) is 0 Å². The van der Waals surface area contributed by atoms with E-state index in [4.69, 9.17) is 9.63 Å². The molecule has 1 aromatic heterocycles. The molecule has 0 saturated heterocycles. The Morgan fingerprint density at radius 1 is 1.50 bits per heavy atom. The van der Waals surface area contributed by atoms with Gasteiger partial charge >= 0.3 is 5.97 Å². The summed E-state index contributed by atoms with van der Waals surface area (Å²) in [5, 5.41) is 12.2. The third kappa shape index (κ3) is 1.92. The molecule has 0 aromatic carbocycles. The van der Waals surface area contributed by atoms with Crippen molar-refractivity contribution in [3.8, 4) is 0 Å². The minimum absolute atomic E-state index is 0.157. The fraction of sp³-hybridized carbons (Fsp3) is 0.667. The molecule has 0 bridgehead atoms. The molecule has 0 atom stereocenters. The number of nitrogens with zero attached hydrogens (tertiary/aromatic N) is 2. The molecule has 0 spiro atoms. The molecule has 5 heteroatoms. The van der Waals surface area contributed by atoms with Crippen molar-refractivity contribution in [1.29, 1.82) is 0 Å². The molecule has 76 valence electrons. The maximum Gasteiger partial charge on any atom is 0.311 e. The second-order valence-corrected chi connectivity index (χ2v) is 3.60. The van der Waals surface area contributed by atoms with E-state index >= 15 is 0 Å². The molecule has 1 saturated carbocycles. The minimum Gasteiger partial charge on any atom is -0.481 e. The molecule has 2 rings (SSSR count). The Bertz CT molecular complexity index is 329. The predicted molar refractivity (Wildman–Crippen MR) is 46.8 cm³/mol. The van der Waals surface area contributed by atoms with Crippen molar-refractivity contribution >= 4 is 5.97 Å². The van der Waals surface area contributed by atoms with Crippen LogP contribution in [0.5, 0.6) is 0 Å². The number of hydrogen-bond donors (Lipinski definition) is 1. The molecule has 1 aliphatic carbocycles. The number of carboxylic acids is 1. The highest BCUT2D eigenvalue weighted by atomic mass is 16.5. The molecule has 1 heterocycles. The summed E-state index contributed by atoms with van der Waals surface area (Å²) >= 11 is 0. The smallest absolute Gasteiger partial charge is 0.311 e. The number of aliphatic carboxylic acids is 1. The molecule has 1 aliphatic rings. The molecular formula is C9H12N2O3. The first-order valence-corrected chi connectivity index (χ1v) is 4.80. The Morgan fingerprint density at radius 3 is 2.86 bits per heavy atom. The van der Waals surface area contributed by atoms with Gasteiger partial charge in [0.2, 0.25) is 5.89 Å². The highest BCUT2D eigenvalue weighted by molar-refractivity contribution is 5.68. The quantitative estimate of drug-likeness (QED) is 0.789. The van der Waals surface area contributed by atoms with Gasteiger partial charge in [-0.05, 0) is 12.8 Å². The number of aromatic nitrogens is 2. The summed E-state index contributed by atoms with van der Waals surface area (Å²) in [6.45, 7) is 0. The fourth-order valence-electron chi connectivity index (χ4n) is 1.81. The fourth-order valence-corrected chi connectivity index (χ4v) is 1.81. The van der Waals surface area contributed by atoms with Crippen LogP contribution in [-0.2, 0) is 11.2 Å². The van der Waals surface area contributed by atoms with E-state index in [1.165, 1.54) is 12.8 Å². The monoisotopic (exact) mass is 196 g/mol. The topological polar surface area (TPSA) is 76.2 Å². The van der Waals surface area contributed by atoms with E-state index in [-0.39, 0.29) is 12.2 Å². The number of carbonyl (C=O) groups is 1. The second kappa shape index (κ2) is 3.77. The molecule has 1 N–H and O–H groups in total. The lowest BCUT2D eigenvalue weighted by Gasteiger charge is -1.98. The average molecular weight is 196 g/mol. The lowest BCUT2D eigenvalue weighted by molar-refractivity contribution is -0.136. The van der Waals surface area contributed by atoms with E-state index in [0.717, 1.165) is 12.8 Å². The van der Waals surface area contributed by atoms with E-state index in [2.05, 4.69) is 10.1 Å². The summed E-state index contributed by atoms with van der Waals surface area (Å²) in [5.74, 6) is 0.312. The van der Waals surface area contributed by atoms with E-state index in [1.807, 2.05) is 0 Å². The molecule has 0 amide bonds. The summed E-state index contributed by atoms with van der Waals surface area (Å²) in [6, 6.07) is 0. The van der Waals surface area contributed by atoms with Crippen molar-refractivity contribution in [3.63, 3.8) is 0 Å². The molecule has 1 fully saturated rings. The van der Waals surface area contributed by atoms with Gasteiger partial charge < -0.3 is 9.63 Å². The van der Waals surface area contributed by atoms with Gasteiger partial charge in [0.25, 0.3) is 0 Å². The minimum atomic E-state index is -0.927. The van der Waals surface area contributed by atoms with E-state index in [9.17, 15) is 4.79 Å². The van der Waals surface area contributed by atoms with Gasteiger partial charge in [0.05, 0.1) is 0 Å². The van der Waals surface area contributed by atoms with Gasteiger partial charge in [-0.3, -0.25) is 4.79 Å². The molecular weight excluding hydrogens is 184 g/mol. The van der Waals surface area contributed by atoms with Crippen LogP contribution in [0.15, 0.2) is 4.52 Å². The van der Waals surface area contributed by atoms with Crippen LogP contribution in [0.2, 0.25) is 0 Å². The third-order valence-electron chi connectivity index (χ3n) is 2.50. The predicted octanol–water partition coefficient (Wildman–Crippen LogP) is 1.35. The number of rotatable bonds is 3. The van der Waals surface area contributed by atoms with Gasteiger partial charge in [-0.1, -0.05) is 18.0 Å². The van der Waals surface area contributed by atoms with Crippen LogP contribution < -0.4 is 0 Å². The van der Waals surface area contributed by atoms with E-state index < -0.39 is 5.97 Å². The molecule has 5 nitrogen and oxygen atoms in total. The number of carboxylic acid groups (broad SMARTS) is 1. The highest BCUT2D eigenvalue weighted by Gasteiger charge is 2.23. The normalized spacial score (nSPS) is 17.4. The largest absolute Gasteiger partial charge is 0.481 e. The van der Waals surface area contributed by atoms with E-state index in [0.29, 0.717) is 11.8 Å². The number of hydrogen-bond acceptors (Lipinski definition) is 4. The zero-order chi connectivity index (χ0) is 9.97. The first-order chi connectivity index (χ1) is 6.75. The van der Waals surface area contributed by atoms with Gasteiger partial charge in [0, 0.05) is 5.92 Å². The van der Waals surface area contributed by atoms with Crippen molar-refractivity contribution in [3.05, 3.63) is 11.7 Å². The molecule has 0 aliphatic heterocycles. The van der Waals surface area contributed by atoms with Crippen LogP contribution in [0.25, 0.3) is 0 Å². The molecule has 0 radical (unpaired) electrons. The van der Waals surface area contributed by atoms with Gasteiger partial charge in [0.15, 0.2) is 5.82 Å². The van der Waals surface area contributed by atoms with Gasteiger partial charge in [-0.15, -0.1) is 0 Å². The van der Waals surface area contributed by atoms with Gasteiger partial charge in [0.1, 0.15) is 6.42 Å². The Morgan fingerprint density at radius 2 is 2.21 bits per heavy atom. The van der Waals surface area contributed by atoms with Crippen LogP contribution >= 0.6 is 0 Å². The van der Waals surface area contributed by atoms with Crippen LogP contribution in [0.1, 0.15) is 43.3 Å². The SMILES string of the molecule is O=C(O)Cc1noc(C2CCCC2)n1. The Balaban J connectivity index is 2.05. The molecule has 14 heavy (non-hydrogen) atoms. The summed E-state index contributed by atoms with van der Waals surface area (Å²) in [5.41, 5.74) is 0. The average Bonchev–Trinajstić information content (AvgIpc) is 2.69. The van der Waals surface area contributed by atoms with Crippen molar-refractivity contribution < 1.29 is 14.4 Å². The molecule has 0 unspecified atom stereocenters. The lowest BCUT2D eigenvalue weighted by Crippen LogP contribution is -2.02. The summed E-state index contributed by atoms with van der Waals surface area (Å²) in [6.07, 6.45) is 4.39. The zero-order valence-electron chi connectivity index (χ0n) is 7.77. The van der Waals surface area contributed by atoms with Crippen LogP contribution in [0.3, 0.4) is 0 Å². The van der Waals surface area contributed by atoms with Crippen molar-refractivity contribution in [2.24, 2.45) is 0 Å². The highest BCUT2D eigenvalue weighted by Crippen LogP contribution is 2.32. The maximum absolute atomic E-state index is 10.4. The Labute approximate surface area is 81.1 Å². The lowest BCUT2D eigenvalue weighted by atomic mass is 10.1. The van der Waals surface area contributed by atoms with Crippen molar-refractivity contribution in [2.45, 2.75) is 38.0 Å². The first kappa shape index (κ1) is 9.18. The van der Waals surface area contributed by atoms with Crippen LogP contribution in [0.4, 0.5) is 0 Å². The summed E-state index contributed by atoms with van der Waals surface area (Å²) in [4.78, 5) is 14.5. The van der Waals surface area contributed by atoms with Crippen molar-refractivity contribution in [2.75, 3.05) is 0 Å². The summed E-state index contributed by atoms with van der Waals surface area (Å²) in [7, 11) is 0. The molecule has 1 aromatic rings. The van der Waals surface area contributed by atoms with Crippen LogP contribution in [-0.4, -0.2) is 21.2 Å². The van der Waals surface area contributed by atoms with Gasteiger partial charge in [-0.2, -0.15) is 4.98 Å². The first-order valence-electron chi connectivity index (χ1n) is 4.80. The zero-order valence-corrected chi connectivity index (χ0v) is 7.77. The Hall–Kier alpha value is -1.39. The third-order valence-corrected chi connectivity index (χ3v) is 2.50.